The Hall–Kier alpha value is -1.08. The molecular weight excluding hydrogens is 296 g/mol. The molecule has 16 heavy (non-hydrogen) atoms. The summed E-state index contributed by atoms with van der Waals surface area (Å²) in [6, 6.07) is 4.34. The average Bonchev–Trinajstić information content (AvgIpc) is 2.15. The average molecular weight is 307 g/mol. The second kappa shape index (κ2) is 4.42. The molecule has 0 spiro atoms. The van der Waals surface area contributed by atoms with Gasteiger partial charge in [0.25, 0.3) is 0 Å². The normalized spacial score (nSPS) is 13.4. The Morgan fingerprint density at radius 1 is 1.44 bits per heavy atom. The number of amides is 1. The topological polar surface area (TPSA) is 103 Å². The quantitative estimate of drug-likeness (QED) is 0.801. The van der Waals surface area contributed by atoms with Gasteiger partial charge in [-0.2, -0.15) is 0 Å². The van der Waals surface area contributed by atoms with Crippen molar-refractivity contribution in [3.8, 4) is 0 Å². The fraction of sp³-hybridized carbons (Fsp3) is 0.222. The van der Waals surface area contributed by atoms with E-state index in [4.69, 9.17) is 11.5 Å². The molecule has 0 bridgehead atoms. The van der Waals surface area contributed by atoms with Gasteiger partial charge in [-0.15, -0.1) is 0 Å². The molecule has 1 aromatic carbocycles. The molecule has 5 nitrogen and oxygen atoms in total. The summed E-state index contributed by atoms with van der Waals surface area (Å²) in [5.41, 5.74) is 10.6. The van der Waals surface area contributed by atoms with E-state index in [0.717, 1.165) is 0 Å². The van der Waals surface area contributed by atoms with Gasteiger partial charge in [-0.1, -0.05) is 15.9 Å². The summed E-state index contributed by atoms with van der Waals surface area (Å²) in [6.45, 7) is 1.24. The van der Waals surface area contributed by atoms with Crippen LogP contribution < -0.4 is 11.5 Å². The Morgan fingerprint density at radius 2 is 2.00 bits per heavy atom. The smallest absolute Gasteiger partial charge is 0.235 e. The molecule has 1 aromatic rings. The molecule has 0 aliphatic heterocycles. The third-order valence-corrected chi connectivity index (χ3v) is 4.79. The second-order valence-corrected chi connectivity index (χ2v) is 6.42. The Labute approximate surface area is 102 Å². The van der Waals surface area contributed by atoms with Crippen LogP contribution in [0.5, 0.6) is 0 Å². The first-order valence-corrected chi connectivity index (χ1v) is 6.69. The molecule has 0 aliphatic rings. The first-order valence-electron chi connectivity index (χ1n) is 4.35. The molecule has 0 saturated carbocycles. The minimum absolute atomic E-state index is 0.0815. The minimum atomic E-state index is -3.81. The number of hydrogen-bond donors (Lipinski definition) is 2. The third kappa shape index (κ3) is 2.35. The first-order chi connectivity index (χ1) is 7.26. The standard InChI is InChI=1S/C9H11BrN2O3S/c1-5(9(12)13)16(14,15)8-3-2-6(10)4-7(8)11/h2-5H,11H2,1H3,(H2,12,13). The molecule has 4 N–H and O–H groups in total. The highest BCUT2D eigenvalue weighted by atomic mass is 79.9. The zero-order valence-corrected chi connectivity index (χ0v) is 10.9. The molecule has 88 valence electrons. The van der Waals surface area contributed by atoms with Gasteiger partial charge in [-0.25, -0.2) is 8.42 Å². The summed E-state index contributed by atoms with van der Waals surface area (Å²) < 4.78 is 24.5. The lowest BCUT2D eigenvalue weighted by Gasteiger charge is -2.11. The van der Waals surface area contributed by atoms with Crippen LogP contribution in [-0.4, -0.2) is 19.6 Å². The molecule has 0 fully saturated rings. The monoisotopic (exact) mass is 306 g/mol. The summed E-state index contributed by atoms with van der Waals surface area (Å²) in [5.74, 6) is -0.901. The highest BCUT2D eigenvalue weighted by Crippen LogP contribution is 2.25. The van der Waals surface area contributed by atoms with Gasteiger partial charge in [0.05, 0.1) is 10.6 Å². The number of hydrogen-bond acceptors (Lipinski definition) is 4. The van der Waals surface area contributed by atoms with Gasteiger partial charge in [0, 0.05) is 4.47 Å². The molecule has 0 radical (unpaired) electrons. The summed E-state index contributed by atoms with van der Waals surface area (Å²) in [7, 11) is -3.81. The van der Waals surface area contributed by atoms with Gasteiger partial charge >= 0.3 is 0 Å². The van der Waals surface area contributed by atoms with E-state index in [-0.39, 0.29) is 10.6 Å². The number of halogens is 1. The number of anilines is 1. The lowest BCUT2D eigenvalue weighted by molar-refractivity contribution is -0.117. The van der Waals surface area contributed by atoms with Gasteiger partial charge in [-0.3, -0.25) is 4.79 Å². The van der Waals surface area contributed by atoms with Crippen molar-refractivity contribution >= 4 is 37.4 Å². The van der Waals surface area contributed by atoms with Crippen molar-refractivity contribution in [2.45, 2.75) is 17.1 Å². The Bertz CT molecular complexity index is 528. The van der Waals surface area contributed by atoms with Gasteiger partial charge in [0.15, 0.2) is 9.84 Å². The molecule has 0 saturated heterocycles. The Kier molecular flexibility index (Phi) is 3.59. The highest BCUT2D eigenvalue weighted by molar-refractivity contribution is 9.10. The molecule has 1 amide bonds. The zero-order chi connectivity index (χ0) is 12.5. The summed E-state index contributed by atoms with van der Waals surface area (Å²) in [4.78, 5) is 10.8. The fourth-order valence-electron chi connectivity index (χ4n) is 1.12. The lowest BCUT2D eigenvalue weighted by atomic mass is 10.3. The summed E-state index contributed by atoms with van der Waals surface area (Å²) in [5, 5.41) is -1.30. The van der Waals surface area contributed by atoms with Gasteiger partial charge in [0.2, 0.25) is 5.91 Å². The molecule has 0 aromatic heterocycles. The number of sulfone groups is 1. The number of rotatable bonds is 3. The first kappa shape index (κ1) is 13.0. The number of carbonyl (C=O) groups excluding carboxylic acids is 1. The second-order valence-electron chi connectivity index (χ2n) is 3.27. The Balaban J connectivity index is 3.33. The van der Waals surface area contributed by atoms with Crippen molar-refractivity contribution in [1.29, 1.82) is 0 Å². The molecule has 1 unspecified atom stereocenters. The van der Waals surface area contributed by atoms with E-state index in [9.17, 15) is 13.2 Å². The van der Waals surface area contributed by atoms with E-state index in [1.54, 1.807) is 0 Å². The van der Waals surface area contributed by atoms with Crippen LogP contribution in [0.15, 0.2) is 27.6 Å². The lowest BCUT2D eigenvalue weighted by Crippen LogP contribution is -2.33. The number of nitrogen functional groups attached to an aromatic ring is 1. The van der Waals surface area contributed by atoms with E-state index in [2.05, 4.69) is 15.9 Å². The summed E-state index contributed by atoms with van der Waals surface area (Å²) >= 11 is 3.16. The minimum Gasteiger partial charge on any atom is -0.398 e. The van der Waals surface area contributed by atoms with Crippen molar-refractivity contribution in [2.24, 2.45) is 5.73 Å². The third-order valence-electron chi connectivity index (χ3n) is 2.14. The van der Waals surface area contributed by atoms with E-state index >= 15 is 0 Å². The maximum absolute atomic E-state index is 11.9. The molecular formula is C9H11BrN2O3S. The van der Waals surface area contributed by atoms with Crippen molar-refractivity contribution in [3.05, 3.63) is 22.7 Å². The van der Waals surface area contributed by atoms with Gasteiger partial charge < -0.3 is 11.5 Å². The highest BCUT2D eigenvalue weighted by Gasteiger charge is 2.29. The van der Waals surface area contributed by atoms with E-state index < -0.39 is 21.0 Å². The van der Waals surface area contributed by atoms with E-state index in [0.29, 0.717) is 4.47 Å². The van der Waals surface area contributed by atoms with Crippen molar-refractivity contribution in [1.82, 2.24) is 0 Å². The predicted octanol–water partition coefficient (Wildman–Crippen LogP) is 0.679. The van der Waals surface area contributed by atoms with Crippen molar-refractivity contribution < 1.29 is 13.2 Å². The van der Waals surface area contributed by atoms with Gasteiger partial charge in [0.1, 0.15) is 5.25 Å². The van der Waals surface area contributed by atoms with Gasteiger partial charge in [-0.05, 0) is 25.1 Å². The number of primary amides is 1. The Morgan fingerprint density at radius 3 is 2.44 bits per heavy atom. The molecule has 1 atom stereocenters. The fourth-order valence-corrected chi connectivity index (χ4v) is 2.83. The van der Waals surface area contributed by atoms with E-state index in [1.807, 2.05) is 0 Å². The van der Waals surface area contributed by atoms with Crippen LogP contribution in [0, 0.1) is 0 Å². The zero-order valence-electron chi connectivity index (χ0n) is 8.48. The molecule has 0 aliphatic carbocycles. The van der Waals surface area contributed by atoms with Crippen LogP contribution in [0.3, 0.4) is 0 Å². The largest absolute Gasteiger partial charge is 0.398 e. The number of carbonyl (C=O) groups is 1. The predicted molar refractivity (Wildman–Crippen MR) is 64.4 cm³/mol. The SMILES string of the molecule is CC(C(N)=O)S(=O)(=O)c1ccc(Br)cc1N. The van der Waals surface area contributed by atoms with Crippen LogP contribution in [0.25, 0.3) is 0 Å². The molecule has 1 rings (SSSR count). The van der Waals surface area contributed by atoms with Crippen molar-refractivity contribution in [3.63, 3.8) is 0 Å². The van der Waals surface area contributed by atoms with Crippen LogP contribution in [0.2, 0.25) is 0 Å². The van der Waals surface area contributed by atoms with Crippen LogP contribution in [-0.2, 0) is 14.6 Å². The van der Waals surface area contributed by atoms with Crippen molar-refractivity contribution in [2.75, 3.05) is 5.73 Å². The molecule has 7 heteroatoms. The maximum atomic E-state index is 11.9. The summed E-state index contributed by atoms with van der Waals surface area (Å²) in [6.07, 6.45) is 0. The molecule has 0 heterocycles. The maximum Gasteiger partial charge on any atom is 0.235 e. The van der Waals surface area contributed by atoms with Crippen LogP contribution in [0.1, 0.15) is 6.92 Å². The number of nitrogens with two attached hydrogens (primary N) is 2. The van der Waals surface area contributed by atoms with Crippen LogP contribution in [0.4, 0.5) is 5.69 Å². The van der Waals surface area contributed by atoms with E-state index in [1.165, 1.54) is 25.1 Å². The number of benzene rings is 1. The van der Waals surface area contributed by atoms with Crippen LogP contribution >= 0.6 is 15.9 Å².